The first-order valence-electron chi connectivity index (χ1n) is 26.7. The predicted molar refractivity (Wildman–Crippen MR) is 277 cm³/mol. The standard InChI is InChI=1S/C56H102NO7P/c1-6-8-10-12-14-16-18-20-22-24-26-27-28-29-30-32-34-36-38-40-42-44-46-48-51-61-53-55(54-63-65(59,60)62-52-50-57(3,4)5)64-56(58)49-47-45-43-41-39-37-35-33-31-25-23-21-19-17-15-13-11-9-7-2/h15,17-18,20-21,23-24,26,28-29,31,33,55H,6-14,16,19,22,25,27,30,32,34-54H2,1-5H3/b17-15-,20-18-,23-21-,26-24-,29-28-,33-31-. The summed E-state index contributed by atoms with van der Waals surface area (Å²) in [4.78, 5) is 25.2. The number of esters is 1. The lowest BCUT2D eigenvalue weighted by molar-refractivity contribution is -0.870. The summed E-state index contributed by atoms with van der Waals surface area (Å²) in [5, 5.41) is 0. The normalized spacial score (nSPS) is 14.1. The zero-order valence-electron chi connectivity index (χ0n) is 42.9. The average Bonchev–Trinajstić information content (AvgIpc) is 3.27. The van der Waals surface area contributed by atoms with E-state index in [0.717, 1.165) is 70.6 Å². The van der Waals surface area contributed by atoms with Gasteiger partial charge in [0.05, 0.1) is 34.4 Å². The van der Waals surface area contributed by atoms with Crippen LogP contribution in [0.3, 0.4) is 0 Å². The lowest BCUT2D eigenvalue weighted by Gasteiger charge is -2.28. The highest BCUT2D eigenvalue weighted by Gasteiger charge is 2.20. The molecule has 0 aromatic carbocycles. The Hall–Kier alpha value is -2.06. The van der Waals surface area contributed by atoms with Gasteiger partial charge in [0.15, 0.2) is 0 Å². The topological polar surface area (TPSA) is 94.1 Å². The predicted octanol–water partition coefficient (Wildman–Crippen LogP) is 16.0. The summed E-state index contributed by atoms with van der Waals surface area (Å²) in [5.74, 6) is -0.349. The van der Waals surface area contributed by atoms with Gasteiger partial charge < -0.3 is 27.9 Å². The van der Waals surface area contributed by atoms with E-state index in [1.54, 1.807) is 0 Å². The number of ether oxygens (including phenoxy) is 2. The van der Waals surface area contributed by atoms with Gasteiger partial charge in [-0.2, -0.15) is 0 Å². The lowest BCUT2D eigenvalue weighted by atomic mass is 10.1. The summed E-state index contributed by atoms with van der Waals surface area (Å²) in [6, 6.07) is 0. The third-order valence-corrected chi connectivity index (χ3v) is 12.2. The van der Waals surface area contributed by atoms with E-state index in [4.69, 9.17) is 18.5 Å². The molecular formula is C56H102NO7P. The molecule has 0 aromatic rings. The van der Waals surface area contributed by atoms with Crippen LogP contribution in [0, 0.1) is 0 Å². The fourth-order valence-corrected chi connectivity index (χ4v) is 7.82. The third kappa shape index (κ3) is 52.8. The van der Waals surface area contributed by atoms with E-state index in [2.05, 4.69) is 86.8 Å². The van der Waals surface area contributed by atoms with Gasteiger partial charge in [0.25, 0.3) is 7.82 Å². The first-order chi connectivity index (χ1) is 31.6. The van der Waals surface area contributed by atoms with Gasteiger partial charge in [0, 0.05) is 13.0 Å². The maximum Gasteiger partial charge on any atom is 0.306 e. The summed E-state index contributed by atoms with van der Waals surface area (Å²) < 4.78 is 34.8. The Labute approximate surface area is 402 Å². The van der Waals surface area contributed by atoms with Crippen LogP contribution in [0.5, 0.6) is 0 Å². The molecule has 0 saturated heterocycles. The van der Waals surface area contributed by atoms with Crippen molar-refractivity contribution < 1.29 is 37.3 Å². The van der Waals surface area contributed by atoms with Crippen LogP contribution in [0.1, 0.15) is 219 Å². The van der Waals surface area contributed by atoms with Crippen LogP contribution in [-0.4, -0.2) is 70.7 Å². The molecule has 0 aliphatic heterocycles. The van der Waals surface area contributed by atoms with Crippen molar-refractivity contribution in [2.45, 2.75) is 225 Å². The Balaban J connectivity index is 4.17. The largest absolute Gasteiger partial charge is 0.756 e. The van der Waals surface area contributed by atoms with E-state index in [1.807, 2.05) is 21.1 Å². The summed E-state index contributed by atoms with van der Waals surface area (Å²) in [6.45, 7) is 5.35. The lowest BCUT2D eigenvalue weighted by Crippen LogP contribution is -2.37. The van der Waals surface area contributed by atoms with Crippen LogP contribution in [0.25, 0.3) is 0 Å². The number of likely N-dealkylation sites (N-methyl/N-ethyl adjacent to an activating group) is 1. The number of carbonyl (C=O) groups is 1. The van der Waals surface area contributed by atoms with Crippen molar-refractivity contribution in [3.05, 3.63) is 72.9 Å². The molecule has 0 amide bonds. The summed E-state index contributed by atoms with van der Waals surface area (Å²) in [7, 11) is 1.34. The molecule has 0 aliphatic carbocycles. The molecule has 2 unspecified atom stereocenters. The number of carbonyl (C=O) groups excluding carboxylic acids is 1. The Morgan fingerprint density at radius 3 is 1.29 bits per heavy atom. The number of phosphoric ester groups is 1. The van der Waals surface area contributed by atoms with Crippen molar-refractivity contribution in [1.82, 2.24) is 0 Å². The fourth-order valence-electron chi connectivity index (χ4n) is 7.09. The van der Waals surface area contributed by atoms with Gasteiger partial charge in [-0.05, 0) is 89.9 Å². The van der Waals surface area contributed by atoms with Crippen LogP contribution >= 0.6 is 7.82 Å². The SMILES string of the molecule is CCCCC/C=C\C/C=C\C/C=C\CCCCCCCCC(=O)OC(COCCCCCCCCCCC/C=C\C/C=C\C/C=C\CCCCCCC)COP(=O)([O-])OCC[N+](C)(C)C. The van der Waals surface area contributed by atoms with Crippen molar-refractivity contribution in [3.8, 4) is 0 Å². The average molecular weight is 932 g/mol. The van der Waals surface area contributed by atoms with Gasteiger partial charge in [0.2, 0.25) is 0 Å². The summed E-state index contributed by atoms with van der Waals surface area (Å²) in [6.07, 6.45) is 63.5. The second kappa shape index (κ2) is 48.4. The molecule has 8 nitrogen and oxygen atoms in total. The van der Waals surface area contributed by atoms with Gasteiger partial charge in [-0.1, -0.05) is 196 Å². The molecule has 0 spiro atoms. The molecule has 0 aromatic heterocycles. The number of phosphoric acid groups is 1. The Morgan fingerprint density at radius 1 is 0.477 bits per heavy atom. The van der Waals surface area contributed by atoms with Crippen molar-refractivity contribution in [2.75, 3.05) is 54.1 Å². The molecule has 2 atom stereocenters. The quantitative estimate of drug-likeness (QED) is 0.0197. The molecule has 9 heteroatoms. The maximum atomic E-state index is 12.8. The first kappa shape index (κ1) is 62.9. The minimum atomic E-state index is -4.54. The van der Waals surface area contributed by atoms with E-state index in [9.17, 15) is 14.3 Å². The van der Waals surface area contributed by atoms with E-state index in [-0.39, 0.29) is 25.8 Å². The number of hydrogen-bond donors (Lipinski definition) is 0. The number of unbranched alkanes of at least 4 members (excludes halogenated alkanes) is 23. The monoisotopic (exact) mass is 932 g/mol. The van der Waals surface area contributed by atoms with Gasteiger partial charge in [-0.15, -0.1) is 0 Å². The van der Waals surface area contributed by atoms with Crippen LogP contribution in [0.2, 0.25) is 0 Å². The highest BCUT2D eigenvalue weighted by atomic mass is 31.2. The van der Waals surface area contributed by atoms with Crippen molar-refractivity contribution in [1.29, 1.82) is 0 Å². The van der Waals surface area contributed by atoms with Crippen molar-refractivity contribution in [3.63, 3.8) is 0 Å². The molecule has 0 radical (unpaired) electrons. The molecule has 65 heavy (non-hydrogen) atoms. The second-order valence-corrected chi connectivity index (χ2v) is 20.3. The molecule has 0 fully saturated rings. The van der Waals surface area contributed by atoms with Gasteiger partial charge >= 0.3 is 5.97 Å². The van der Waals surface area contributed by atoms with Crippen LogP contribution in [0.15, 0.2) is 72.9 Å². The Bertz CT molecular complexity index is 1270. The minimum absolute atomic E-state index is 0.0188. The number of quaternary nitrogens is 1. The molecule has 378 valence electrons. The molecule has 0 aliphatic rings. The van der Waals surface area contributed by atoms with Gasteiger partial charge in [-0.3, -0.25) is 9.36 Å². The molecule has 0 heterocycles. The third-order valence-electron chi connectivity index (χ3n) is 11.2. The second-order valence-electron chi connectivity index (χ2n) is 18.9. The maximum absolute atomic E-state index is 12.8. The summed E-state index contributed by atoms with van der Waals surface area (Å²) in [5.41, 5.74) is 0. The number of hydrogen-bond acceptors (Lipinski definition) is 7. The van der Waals surface area contributed by atoms with E-state index in [1.165, 1.54) is 128 Å². The molecule has 0 N–H and O–H groups in total. The van der Waals surface area contributed by atoms with Crippen LogP contribution in [0.4, 0.5) is 0 Å². The van der Waals surface area contributed by atoms with Gasteiger partial charge in [0.1, 0.15) is 19.3 Å². The number of rotatable bonds is 49. The number of allylic oxidation sites excluding steroid dienone is 12. The Kier molecular flexibility index (Phi) is 46.9. The Morgan fingerprint density at radius 2 is 0.846 bits per heavy atom. The highest BCUT2D eigenvalue weighted by Crippen LogP contribution is 2.38. The zero-order chi connectivity index (χ0) is 47.6. The van der Waals surface area contributed by atoms with E-state index < -0.39 is 13.9 Å². The molecule has 0 rings (SSSR count). The zero-order valence-corrected chi connectivity index (χ0v) is 43.8. The van der Waals surface area contributed by atoms with Crippen LogP contribution in [-0.2, 0) is 27.9 Å². The highest BCUT2D eigenvalue weighted by molar-refractivity contribution is 7.45. The van der Waals surface area contributed by atoms with Crippen molar-refractivity contribution in [2.24, 2.45) is 0 Å². The fraction of sp³-hybridized carbons (Fsp3) is 0.768. The first-order valence-corrected chi connectivity index (χ1v) is 28.1. The van der Waals surface area contributed by atoms with Gasteiger partial charge in [-0.25, -0.2) is 0 Å². The molecule has 0 bridgehead atoms. The summed E-state index contributed by atoms with van der Waals surface area (Å²) >= 11 is 0. The van der Waals surface area contributed by atoms with E-state index in [0.29, 0.717) is 24.1 Å². The molecular weight excluding hydrogens is 830 g/mol. The van der Waals surface area contributed by atoms with E-state index >= 15 is 0 Å². The van der Waals surface area contributed by atoms with Crippen molar-refractivity contribution >= 4 is 13.8 Å². The smallest absolute Gasteiger partial charge is 0.306 e. The molecule has 0 saturated carbocycles. The van der Waals surface area contributed by atoms with Crippen LogP contribution < -0.4 is 4.89 Å². The minimum Gasteiger partial charge on any atom is -0.756 e. The number of nitrogens with zero attached hydrogens (tertiary/aromatic N) is 1.